The number of rotatable bonds is 4. The summed E-state index contributed by atoms with van der Waals surface area (Å²) in [7, 11) is 1.95. The highest BCUT2D eigenvalue weighted by molar-refractivity contribution is 5.78. The van der Waals surface area contributed by atoms with Gasteiger partial charge in [-0.25, -0.2) is 0 Å². The fraction of sp³-hybridized carbons (Fsp3) is 0.765. The van der Waals surface area contributed by atoms with Gasteiger partial charge in [0.05, 0.1) is 12.7 Å². The van der Waals surface area contributed by atoms with Crippen LogP contribution in [0, 0.1) is 0 Å². The molecule has 1 amide bonds. The fourth-order valence-corrected chi connectivity index (χ4v) is 3.89. The number of hydrogen-bond acceptors (Lipinski definition) is 3. The van der Waals surface area contributed by atoms with Crippen LogP contribution in [0.4, 0.5) is 0 Å². The van der Waals surface area contributed by atoms with Crippen LogP contribution in [-0.4, -0.2) is 39.7 Å². The van der Waals surface area contributed by atoms with E-state index in [0.29, 0.717) is 18.6 Å². The molecule has 3 rings (SSSR count). The maximum Gasteiger partial charge on any atom is 0.234 e. The van der Waals surface area contributed by atoms with Crippen LogP contribution in [0.15, 0.2) is 12.4 Å². The highest BCUT2D eigenvalue weighted by Gasteiger charge is 2.28. The first-order chi connectivity index (χ1) is 10.7. The summed E-state index contributed by atoms with van der Waals surface area (Å²) < 4.78 is 1.84. The average molecular weight is 304 g/mol. The van der Waals surface area contributed by atoms with Crippen molar-refractivity contribution in [2.75, 3.05) is 13.1 Å². The first kappa shape index (κ1) is 15.5. The highest BCUT2D eigenvalue weighted by Crippen LogP contribution is 2.31. The molecule has 2 aliphatic rings. The molecule has 122 valence electrons. The normalized spacial score (nSPS) is 24.3. The van der Waals surface area contributed by atoms with Gasteiger partial charge in [-0.3, -0.25) is 14.4 Å². The summed E-state index contributed by atoms with van der Waals surface area (Å²) in [4.78, 5) is 14.7. The molecule has 0 bridgehead atoms. The molecule has 1 saturated heterocycles. The number of likely N-dealkylation sites (tertiary alicyclic amines) is 1. The van der Waals surface area contributed by atoms with Crippen molar-refractivity contribution in [3.63, 3.8) is 0 Å². The third kappa shape index (κ3) is 3.88. The monoisotopic (exact) mass is 304 g/mol. The smallest absolute Gasteiger partial charge is 0.234 e. The van der Waals surface area contributed by atoms with E-state index in [0.717, 1.165) is 32.2 Å². The maximum atomic E-state index is 12.4. The second kappa shape index (κ2) is 7.27. The van der Waals surface area contributed by atoms with Crippen molar-refractivity contribution < 1.29 is 4.79 Å². The van der Waals surface area contributed by atoms with Crippen molar-refractivity contribution in [3.8, 4) is 0 Å². The van der Waals surface area contributed by atoms with Crippen LogP contribution in [0.2, 0.25) is 0 Å². The number of nitrogens with one attached hydrogen (secondary N) is 1. The Balaban J connectivity index is 1.53. The van der Waals surface area contributed by atoms with Crippen LogP contribution >= 0.6 is 0 Å². The lowest BCUT2D eigenvalue weighted by molar-refractivity contribution is -0.123. The molecule has 2 heterocycles. The number of carbonyl (C=O) groups is 1. The Morgan fingerprint density at radius 3 is 2.68 bits per heavy atom. The van der Waals surface area contributed by atoms with Crippen molar-refractivity contribution in [1.29, 1.82) is 0 Å². The van der Waals surface area contributed by atoms with Gasteiger partial charge in [-0.05, 0) is 32.2 Å². The van der Waals surface area contributed by atoms with Gasteiger partial charge in [-0.1, -0.05) is 25.7 Å². The first-order valence-electron chi connectivity index (χ1n) is 8.74. The van der Waals surface area contributed by atoms with Crippen LogP contribution < -0.4 is 5.32 Å². The van der Waals surface area contributed by atoms with Gasteiger partial charge >= 0.3 is 0 Å². The van der Waals surface area contributed by atoms with E-state index in [9.17, 15) is 4.79 Å². The van der Waals surface area contributed by atoms with Crippen molar-refractivity contribution in [1.82, 2.24) is 20.0 Å². The molecule has 1 aliphatic carbocycles. The van der Waals surface area contributed by atoms with Gasteiger partial charge in [0, 0.05) is 30.9 Å². The summed E-state index contributed by atoms with van der Waals surface area (Å²) in [6.07, 6.45) is 13.8. The topological polar surface area (TPSA) is 50.2 Å². The molecule has 5 nitrogen and oxygen atoms in total. The largest absolute Gasteiger partial charge is 0.352 e. The molecule has 0 spiro atoms. The molecule has 22 heavy (non-hydrogen) atoms. The number of nitrogens with zero attached hydrogens (tertiary/aromatic N) is 3. The molecular formula is C17H28N4O. The SMILES string of the molecule is Cn1cc([C@H]2CCCN2CC(=O)NC2CCCCCC2)cn1. The van der Waals surface area contributed by atoms with E-state index in [-0.39, 0.29) is 5.91 Å². The predicted molar refractivity (Wildman–Crippen MR) is 86.4 cm³/mol. The van der Waals surface area contributed by atoms with Gasteiger partial charge < -0.3 is 5.32 Å². The summed E-state index contributed by atoms with van der Waals surface area (Å²) in [5, 5.41) is 7.53. The van der Waals surface area contributed by atoms with E-state index in [1.807, 2.05) is 17.9 Å². The minimum Gasteiger partial charge on any atom is -0.352 e. The lowest BCUT2D eigenvalue weighted by Gasteiger charge is -2.24. The van der Waals surface area contributed by atoms with Crippen molar-refractivity contribution in [3.05, 3.63) is 18.0 Å². The van der Waals surface area contributed by atoms with E-state index >= 15 is 0 Å². The van der Waals surface area contributed by atoms with Gasteiger partial charge in [0.1, 0.15) is 0 Å². The first-order valence-corrected chi connectivity index (χ1v) is 8.74. The zero-order valence-electron chi connectivity index (χ0n) is 13.6. The molecular weight excluding hydrogens is 276 g/mol. The second-order valence-corrected chi connectivity index (χ2v) is 6.83. The van der Waals surface area contributed by atoms with E-state index in [4.69, 9.17) is 0 Å². The van der Waals surface area contributed by atoms with Crippen LogP contribution in [0.5, 0.6) is 0 Å². The molecule has 1 N–H and O–H groups in total. The van der Waals surface area contributed by atoms with Gasteiger partial charge in [0.2, 0.25) is 5.91 Å². The van der Waals surface area contributed by atoms with Crippen LogP contribution in [0.3, 0.4) is 0 Å². The third-order valence-corrected chi connectivity index (χ3v) is 5.04. The van der Waals surface area contributed by atoms with Gasteiger partial charge in [-0.2, -0.15) is 5.10 Å². The Hall–Kier alpha value is -1.36. The summed E-state index contributed by atoms with van der Waals surface area (Å²) >= 11 is 0. The Morgan fingerprint density at radius 1 is 1.23 bits per heavy atom. The van der Waals surface area contributed by atoms with Gasteiger partial charge in [0.25, 0.3) is 0 Å². The Labute approximate surface area is 133 Å². The molecule has 1 aromatic heterocycles. The molecule has 0 aromatic carbocycles. The molecule has 5 heteroatoms. The molecule has 0 unspecified atom stereocenters. The average Bonchev–Trinajstić information content (AvgIpc) is 3.03. The van der Waals surface area contributed by atoms with Crippen LogP contribution in [-0.2, 0) is 11.8 Å². The Morgan fingerprint density at radius 2 is 2.00 bits per heavy atom. The van der Waals surface area contributed by atoms with Crippen LogP contribution in [0.25, 0.3) is 0 Å². The summed E-state index contributed by atoms with van der Waals surface area (Å²) in [5.41, 5.74) is 1.24. The minimum absolute atomic E-state index is 0.197. The number of carbonyl (C=O) groups excluding carboxylic acids is 1. The zero-order chi connectivity index (χ0) is 15.4. The number of amides is 1. The van der Waals surface area contributed by atoms with E-state index < -0.39 is 0 Å². The third-order valence-electron chi connectivity index (χ3n) is 5.04. The minimum atomic E-state index is 0.197. The molecule has 1 saturated carbocycles. The quantitative estimate of drug-likeness (QED) is 0.869. The van der Waals surface area contributed by atoms with E-state index in [1.165, 1.54) is 31.2 Å². The van der Waals surface area contributed by atoms with E-state index in [2.05, 4.69) is 21.5 Å². The summed E-state index contributed by atoms with van der Waals surface area (Å²) in [5.74, 6) is 0.197. The Kier molecular flexibility index (Phi) is 5.13. The molecule has 1 aromatic rings. The summed E-state index contributed by atoms with van der Waals surface area (Å²) in [6.45, 7) is 1.54. The molecule has 1 aliphatic heterocycles. The fourth-order valence-electron chi connectivity index (χ4n) is 3.89. The lowest BCUT2D eigenvalue weighted by atomic mass is 10.1. The van der Waals surface area contributed by atoms with Gasteiger partial charge in [0.15, 0.2) is 0 Å². The molecule has 0 radical (unpaired) electrons. The lowest BCUT2D eigenvalue weighted by Crippen LogP contribution is -2.41. The van der Waals surface area contributed by atoms with Gasteiger partial charge in [-0.15, -0.1) is 0 Å². The molecule has 1 atom stereocenters. The summed E-state index contributed by atoms with van der Waals surface area (Å²) in [6, 6.07) is 0.753. The predicted octanol–water partition coefficient (Wildman–Crippen LogP) is 2.40. The Bertz CT molecular complexity index is 491. The van der Waals surface area contributed by atoms with E-state index in [1.54, 1.807) is 0 Å². The second-order valence-electron chi connectivity index (χ2n) is 6.83. The number of aryl methyl sites for hydroxylation is 1. The van der Waals surface area contributed by atoms with Crippen molar-refractivity contribution in [2.24, 2.45) is 7.05 Å². The van der Waals surface area contributed by atoms with Crippen LogP contribution in [0.1, 0.15) is 63.0 Å². The van der Waals surface area contributed by atoms with Crippen molar-refractivity contribution >= 4 is 5.91 Å². The standard InChI is InChI=1S/C17H28N4O/c1-20-12-14(11-18-20)16-9-6-10-21(16)13-17(22)19-15-7-4-2-3-5-8-15/h11-12,15-16H,2-10,13H2,1H3,(H,19,22)/t16-/m1/s1. The maximum absolute atomic E-state index is 12.4. The molecule has 2 fully saturated rings. The van der Waals surface area contributed by atoms with Crippen molar-refractivity contribution in [2.45, 2.75) is 63.5 Å². The number of hydrogen-bond donors (Lipinski definition) is 1. The highest BCUT2D eigenvalue weighted by atomic mass is 16.2. The number of aromatic nitrogens is 2. The zero-order valence-corrected chi connectivity index (χ0v) is 13.6.